The highest BCUT2D eigenvalue weighted by Crippen LogP contribution is 2.15. The van der Waals surface area contributed by atoms with E-state index in [0.717, 1.165) is 0 Å². The third-order valence-corrected chi connectivity index (χ3v) is 2.10. The molecule has 0 radical (unpaired) electrons. The van der Waals surface area contributed by atoms with Crippen LogP contribution in [0.25, 0.3) is 0 Å². The van der Waals surface area contributed by atoms with Crippen LogP contribution in [0.5, 0.6) is 0 Å². The summed E-state index contributed by atoms with van der Waals surface area (Å²) < 4.78 is 0. The highest BCUT2D eigenvalue weighted by molar-refractivity contribution is 5.81. The maximum Gasteiger partial charge on any atom is 0.306 e. The van der Waals surface area contributed by atoms with Gasteiger partial charge < -0.3 is 16.2 Å². The zero-order valence-electron chi connectivity index (χ0n) is 6.62. The lowest BCUT2D eigenvalue weighted by molar-refractivity contribution is -0.143. The molecule has 4 N–H and O–H groups in total. The second-order valence-electron chi connectivity index (χ2n) is 2.97. The van der Waals surface area contributed by atoms with Gasteiger partial charge in [0.25, 0.3) is 0 Å². The third-order valence-electron chi connectivity index (χ3n) is 2.10. The average Bonchev–Trinajstić information content (AvgIpc) is 2.04. The van der Waals surface area contributed by atoms with Gasteiger partial charge in [-0.15, -0.1) is 0 Å². The fourth-order valence-electron chi connectivity index (χ4n) is 1.36. The second kappa shape index (κ2) is 3.53. The van der Waals surface area contributed by atoms with Crippen LogP contribution in [0.2, 0.25) is 0 Å². The summed E-state index contributed by atoms with van der Waals surface area (Å²) in [7, 11) is 0. The van der Waals surface area contributed by atoms with E-state index in [9.17, 15) is 9.59 Å². The molecule has 0 aliphatic carbocycles. The first kappa shape index (κ1) is 8.99. The van der Waals surface area contributed by atoms with Crippen molar-refractivity contribution in [2.45, 2.75) is 18.9 Å². The molecule has 1 fully saturated rings. The van der Waals surface area contributed by atoms with E-state index in [0.29, 0.717) is 19.4 Å². The van der Waals surface area contributed by atoms with Crippen molar-refractivity contribution in [2.24, 2.45) is 11.7 Å². The standard InChI is InChI=1S/C7H12N2O3/c8-6(10)5-3-4(7(11)12)1-2-9-5/h4-5,9H,1-3H2,(H2,8,10)(H,11,12). The van der Waals surface area contributed by atoms with Crippen LogP contribution in [-0.4, -0.2) is 29.6 Å². The normalized spacial score (nSPS) is 29.7. The molecule has 1 saturated heterocycles. The Morgan fingerprint density at radius 2 is 2.17 bits per heavy atom. The largest absolute Gasteiger partial charge is 0.481 e. The Labute approximate surface area is 69.9 Å². The molecule has 1 rings (SSSR count). The Balaban J connectivity index is 2.51. The maximum absolute atomic E-state index is 10.7. The molecule has 68 valence electrons. The molecular formula is C7H12N2O3. The molecule has 0 aromatic carbocycles. The van der Waals surface area contributed by atoms with Crippen molar-refractivity contribution < 1.29 is 14.7 Å². The van der Waals surface area contributed by atoms with Crippen molar-refractivity contribution in [3.63, 3.8) is 0 Å². The molecule has 12 heavy (non-hydrogen) atoms. The van der Waals surface area contributed by atoms with E-state index in [-0.39, 0.29) is 0 Å². The number of carbonyl (C=O) groups is 2. The number of amides is 1. The highest BCUT2D eigenvalue weighted by atomic mass is 16.4. The molecule has 0 saturated carbocycles. The minimum Gasteiger partial charge on any atom is -0.481 e. The van der Waals surface area contributed by atoms with E-state index in [2.05, 4.69) is 5.32 Å². The van der Waals surface area contributed by atoms with Gasteiger partial charge in [-0.1, -0.05) is 0 Å². The number of hydrogen-bond donors (Lipinski definition) is 3. The summed E-state index contributed by atoms with van der Waals surface area (Å²) in [4.78, 5) is 21.2. The number of piperidine rings is 1. The van der Waals surface area contributed by atoms with Crippen LogP contribution in [0.3, 0.4) is 0 Å². The van der Waals surface area contributed by atoms with Crippen LogP contribution in [0.4, 0.5) is 0 Å². The number of carbonyl (C=O) groups excluding carboxylic acids is 1. The predicted octanol–water partition coefficient (Wildman–Crippen LogP) is -1.08. The second-order valence-corrected chi connectivity index (χ2v) is 2.97. The molecule has 2 atom stereocenters. The van der Waals surface area contributed by atoms with Crippen LogP contribution in [0, 0.1) is 5.92 Å². The predicted molar refractivity (Wildman–Crippen MR) is 41.3 cm³/mol. The van der Waals surface area contributed by atoms with Gasteiger partial charge in [0.2, 0.25) is 5.91 Å². The lowest BCUT2D eigenvalue weighted by Gasteiger charge is -2.25. The van der Waals surface area contributed by atoms with Gasteiger partial charge in [0.1, 0.15) is 0 Å². The topological polar surface area (TPSA) is 92.4 Å². The number of nitrogens with one attached hydrogen (secondary N) is 1. The molecule has 1 amide bonds. The molecule has 0 bridgehead atoms. The summed E-state index contributed by atoms with van der Waals surface area (Å²) in [6.45, 7) is 0.546. The average molecular weight is 172 g/mol. The van der Waals surface area contributed by atoms with Crippen LogP contribution in [0.1, 0.15) is 12.8 Å². The first-order valence-corrected chi connectivity index (χ1v) is 3.86. The van der Waals surface area contributed by atoms with Gasteiger partial charge in [0, 0.05) is 0 Å². The van der Waals surface area contributed by atoms with E-state index in [1.165, 1.54) is 0 Å². The first-order valence-electron chi connectivity index (χ1n) is 3.86. The van der Waals surface area contributed by atoms with Crippen LogP contribution < -0.4 is 11.1 Å². The monoisotopic (exact) mass is 172 g/mol. The molecule has 5 heteroatoms. The van der Waals surface area contributed by atoms with Gasteiger partial charge >= 0.3 is 5.97 Å². The van der Waals surface area contributed by atoms with E-state index in [1.807, 2.05) is 0 Å². The van der Waals surface area contributed by atoms with Crippen molar-refractivity contribution in [1.82, 2.24) is 5.32 Å². The molecule has 0 aromatic rings. The molecule has 0 aromatic heterocycles. The molecule has 2 unspecified atom stereocenters. The smallest absolute Gasteiger partial charge is 0.306 e. The van der Waals surface area contributed by atoms with Crippen molar-refractivity contribution in [3.05, 3.63) is 0 Å². The summed E-state index contributed by atoms with van der Waals surface area (Å²) in [6, 6.07) is -0.472. The van der Waals surface area contributed by atoms with Gasteiger partial charge in [-0.3, -0.25) is 9.59 Å². The number of hydrogen-bond acceptors (Lipinski definition) is 3. The number of aliphatic carboxylic acids is 1. The van der Waals surface area contributed by atoms with Crippen molar-refractivity contribution in [3.8, 4) is 0 Å². The molecule has 0 spiro atoms. The summed E-state index contributed by atoms with van der Waals surface area (Å²) in [6.07, 6.45) is 0.879. The fourth-order valence-corrected chi connectivity index (χ4v) is 1.36. The summed E-state index contributed by atoms with van der Waals surface area (Å²) in [5.41, 5.74) is 5.04. The lowest BCUT2D eigenvalue weighted by Crippen LogP contribution is -2.48. The van der Waals surface area contributed by atoms with Crippen LogP contribution in [-0.2, 0) is 9.59 Å². The Morgan fingerprint density at radius 1 is 1.50 bits per heavy atom. The fraction of sp³-hybridized carbons (Fsp3) is 0.714. The number of nitrogens with two attached hydrogens (primary N) is 1. The van der Waals surface area contributed by atoms with Gasteiger partial charge in [-0.2, -0.15) is 0 Å². The van der Waals surface area contributed by atoms with E-state index >= 15 is 0 Å². The Bertz CT molecular complexity index is 185. The van der Waals surface area contributed by atoms with E-state index in [4.69, 9.17) is 10.8 Å². The van der Waals surface area contributed by atoms with E-state index < -0.39 is 23.8 Å². The number of primary amides is 1. The maximum atomic E-state index is 10.7. The Morgan fingerprint density at radius 3 is 2.67 bits per heavy atom. The number of carboxylic acid groups (broad SMARTS) is 1. The van der Waals surface area contributed by atoms with Crippen molar-refractivity contribution in [2.75, 3.05) is 6.54 Å². The van der Waals surface area contributed by atoms with E-state index in [1.54, 1.807) is 0 Å². The lowest BCUT2D eigenvalue weighted by atomic mass is 9.92. The van der Waals surface area contributed by atoms with Gasteiger partial charge in [0.05, 0.1) is 12.0 Å². The SMILES string of the molecule is NC(=O)C1CC(C(=O)O)CCN1. The molecule has 1 aliphatic rings. The van der Waals surface area contributed by atoms with Gasteiger partial charge in [-0.25, -0.2) is 0 Å². The zero-order valence-corrected chi connectivity index (χ0v) is 6.62. The van der Waals surface area contributed by atoms with Crippen LogP contribution >= 0.6 is 0 Å². The zero-order chi connectivity index (χ0) is 9.14. The third kappa shape index (κ3) is 1.94. The van der Waals surface area contributed by atoms with Gasteiger partial charge in [-0.05, 0) is 19.4 Å². The minimum absolute atomic E-state index is 0.310. The first-order chi connectivity index (χ1) is 5.61. The molecule has 1 aliphatic heterocycles. The molecule has 1 heterocycles. The van der Waals surface area contributed by atoms with Crippen molar-refractivity contribution >= 4 is 11.9 Å². The minimum atomic E-state index is -0.845. The van der Waals surface area contributed by atoms with Crippen LogP contribution in [0.15, 0.2) is 0 Å². The summed E-state index contributed by atoms with van der Waals surface area (Å²) >= 11 is 0. The molecular weight excluding hydrogens is 160 g/mol. The number of carboxylic acids is 1. The number of rotatable bonds is 2. The highest BCUT2D eigenvalue weighted by Gasteiger charge is 2.29. The molecule has 5 nitrogen and oxygen atoms in total. The van der Waals surface area contributed by atoms with Gasteiger partial charge in [0.15, 0.2) is 0 Å². The van der Waals surface area contributed by atoms with Crippen molar-refractivity contribution in [1.29, 1.82) is 0 Å². The Hall–Kier alpha value is -1.10. The summed E-state index contributed by atoms with van der Waals surface area (Å²) in [5, 5.41) is 11.5. The quantitative estimate of drug-likeness (QED) is 0.494. The summed E-state index contributed by atoms with van der Waals surface area (Å²) in [5.74, 6) is -1.74. The Kier molecular flexibility index (Phi) is 2.65.